The fraction of sp³-hybridized carbons (Fsp3) is 0.364. The Balaban J connectivity index is 2.43. The molecular weight excluding hydrogens is 277 g/mol. The van der Waals surface area contributed by atoms with Crippen LogP contribution in [0.3, 0.4) is 0 Å². The summed E-state index contributed by atoms with van der Waals surface area (Å²) in [5.74, 6) is 1.15. The van der Waals surface area contributed by atoms with Gasteiger partial charge in [-0.2, -0.15) is 13.2 Å². The summed E-state index contributed by atoms with van der Waals surface area (Å²) in [4.78, 5) is 12.2. The number of aryl methyl sites for hydroxylation is 1. The maximum absolute atomic E-state index is 12.5. The smallest absolute Gasteiger partial charge is 0.373 e. The number of hydrogen-bond acceptors (Lipinski definition) is 5. The average Bonchev–Trinajstić information content (AvgIpc) is 2.87. The molecule has 0 aliphatic rings. The summed E-state index contributed by atoms with van der Waals surface area (Å²) in [6.45, 7) is 1.88. The monoisotopic (exact) mass is 288 g/mol. The van der Waals surface area contributed by atoms with E-state index in [1.165, 1.54) is 6.20 Å². The van der Waals surface area contributed by atoms with Gasteiger partial charge in [0.05, 0.1) is 10.6 Å². The van der Waals surface area contributed by atoms with Gasteiger partial charge in [0.25, 0.3) is 0 Å². The van der Waals surface area contributed by atoms with Crippen molar-refractivity contribution in [2.45, 2.75) is 19.5 Å². The van der Waals surface area contributed by atoms with E-state index < -0.39 is 11.2 Å². The van der Waals surface area contributed by atoms with Crippen molar-refractivity contribution >= 4 is 17.2 Å². The quantitative estimate of drug-likeness (QED) is 0.942. The molecule has 0 unspecified atom stereocenters. The maximum atomic E-state index is 12.5. The number of nitrogens with one attached hydrogen (secondary N) is 1. The minimum absolute atomic E-state index is 0.376. The lowest BCUT2D eigenvalue weighted by molar-refractivity contribution is -0.137. The molecule has 2 rings (SSSR count). The largest absolute Gasteiger partial charge is 0.443 e. The second-order valence-electron chi connectivity index (χ2n) is 3.69. The Hall–Kier alpha value is -1.70. The van der Waals surface area contributed by atoms with Gasteiger partial charge >= 0.3 is 6.18 Å². The van der Waals surface area contributed by atoms with Crippen molar-refractivity contribution in [3.05, 3.63) is 23.1 Å². The summed E-state index contributed by atoms with van der Waals surface area (Å²) in [6.07, 6.45) is -2.63. The van der Waals surface area contributed by atoms with Crippen LogP contribution in [0.2, 0.25) is 0 Å². The molecule has 102 valence electrons. The molecule has 0 bridgehead atoms. The molecular formula is C11H11F3N4S. The van der Waals surface area contributed by atoms with E-state index in [2.05, 4.69) is 20.3 Å². The van der Waals surface area contributed by atoms with Gasteiger partial charge in [-0.15, -0.1) is 11.3 Å². The molecule has 2 aromatic heterocycles. The van der Waals surface area contributed by atoms with Crippen LogP contribution in [0.5, 0.6) is 0 Å². The van der Waals surface area contributed by atoms with Crippen LogP contribution in [0.4, 0.5) is 19.0 Å². The van der Waals surface area contributed by atoms with E-state index in [1.54, 1.807) is 13.1 Å². The van der Waals surface area contributed by atoms with Crippen LogP contribution in [0.25, 0.3) is 10.6 Å². The van der Waals surface area contributed by atoms with E-state index in [1.807, 2.05) is 6.92 Å². The molecule has 0 spiro atoms. The lowest BCUT2D eigenvalue weighted by atomic mass is 10.3. The number of nitrogens with zero attached hydrogens (tertiary/aromatic N) is 3. The molecule has 0 saturated heterocycles. The number of aromatic nitrogens is 3. The Labute approximate surface area is 111 Å². The molecule has 0 radical (unpaired) electrons. The first-order valence-corrected chi connectivity index (χ1v) is 6.34. The Bertz CT molecular complexity index is 557. The third-order valence-electron chi connectivity index (χ3n) is 2.35. The predicted octanol–water partition coefficient (Wildman–Crippen LogP) is 3.22. The van der Waals surface area contributed by atoms with Gasteiger partial charge in [0, 0.05) is 25.7 Å². The van der Waals surface area contributed by atoms with Crippen LogP contribution in [0.1, 0.15) is 17.8 Å². The molecule has 0 aliphatic heterocycles. The average molecular weight is 288 g/mol. The number of hydrogen-bond donors (Lipinski definition) is 1. The molecule has 0 saturated carbocycles. The zero-order valence-corrected chi connectivity index (χ0v) is 11.1. The van der Waals surface area contributed by atoms with Crippen molar-refractivity contribution in [3.63, 3.8) is 0 Å². The minimum Gasteiger partial charge on any atom is -0.373 e. The Morgan fingerprint density at radius 2 is 2.05 bits per heavy atom. The highest BCUT2D eigenvalue weighted by Crippen LogP contribution is 2.36. The first-order valence-electron chi connectivity index (χ1n) is 5.53. The van der Waals surface area contributed by atoms with Crippen molar-refractivity contribution in [1.82, 2.24) is 15.0 Å². The Morgan fingerprint density at radius 1 is 1.32 bits per heavy atom. The van der Waals surface area contributed by atoms with E-state index >= 15 is 0 Å². The molecule has 0 amide bonds. The SMILES string of the molecule is CCc1nc(NC)cc(-c2cnc(C(F)(F)F)s2)n1. The standard InChI is InChI=1S/C11H11F3N4S/c1-3-8-17-6(4-9(15-2)18-8)7-5-16-10(19-7)11(12,13)14/h4-5H,3H2,1-2H3,(H,15,17,18). The molecule has 1 N–H and O–H groups in total. The molecule has 0 aliphatic carbocycles. The van der Waals surface area contributed by atoms with Crippen molar-refractivity contribution in [1.29, 1.82) is 0 Å². The third kappa shape index (κ3) is 3.01. The fourth-order valence-electron chi connectivity index (χ4n) is 1.43. The van der Waals surface area contributed by atoms with Crippen molar-refractivity contribution in [2.75, 3.05) is 12.4 Å². The minimum atomic E-state index is -4.42. The first kappa shape index (κ1) is 13.7. The van der Waals surface area contributed by atoms with Crippen LogP contribution in [-0.4, -0.2) is 22.0 Å². The molecule has 19 heavy (non-hydrogen) atoms. The molecule has 8 heteroatoms. The molecule has 0 fully saturated rings. The number of anilines is 1. The molecule has 4 nitrogen and oxygen atoms in total. The molecule has 0 aromatic carbocycles. The molecule has 0 atom stereocenters. The molecule has 2 heterocycles. The lowest BCUT2D eigenvalue weighted by Gasteiger charge is -2.04. The summed E-state index contributed by atoms with van der Waals surface area (Å²) in [5.41, 5.74) is 0.448. The number of alkyl halides is 3. The summed E-state index contributed by atoms with van der Waals surface area (Å²) < 4.78 is 37.5. The van der Waals surface area contributed by atoms with Gasteiger partial charge in [-0.3, -0.25) is 0 Å². The highest BCUT2D eigenvalue weighted by Gasteiger charge is 2.34. The zero-order chi connectivity index (χ0) is 14.0. The second-order valence-corrected chi connectivity index (χ2v) is 4.72. The van der Waals surface area contributed by atoms with Crippen molar-refractivity contribution in [3.8, 4) is 10.6 Å². The Morgan fingerprint density at radius 3 is 2.58 bits per heavy atom. The zero-order valence-electron chi connectivity index (χ0n) is 10.2. The van der Waals surface area contributed by atoms with Gasteiger partial charge < -0.3 is 5.32 Å². The fourth-order valence-corrected chi connectivity index (χ4v) is 2.18. The van der Waals surface area contributed by atoms with Crippen LogP contribution >= 0.6 is 11.3 Å². The number of thiazole rings is 1. The summed E-state index contributed by atoms with van der Waals surface area (Å²) >= 11 is 0.577. The van der Waals surface area contributed by atoms with Gasteiger partial charge in [0.1, 0.15) is 11.6 Å². The second kappa shape index (κ2) is 5.12. The summed E-state index contributed by atoms with van der Waals surface area (Å²) in [5, 5.41) is 1.99. The van der Waals surface area contributed by atoms with Crippen molar-refractivity contribution in [2.24, 2.45) is 0 Å². The van der Waals surface area contributed by atoms with E-state index in [0.29, 0.717) is 40.0 Å². The Kier molecular flexibility index (Phi) is 3.70. The normalized spacial score (nSPS) is 11.6. The lowest BCUT2D eigenvalue weighted by Crippen LogP contribution is -2.02. The first-order chi connectivity index (χ1) is 8.94. The summed E-state index contributed by atoms with van der Waals surface area (Å²) in [6, 6.07) is 1.60. The van der Waals surface area contributed by atoms with E-state index in [9.17, 15) is 13.2 Å². The maximum Gasteiger partial charge on any atom is 0.443 e. The highest BCUT2D eigenvalue weighted by atomic mass is 32.1. The van der Waals surface area contributed by atoms with Gasteiger partial charge in [-0.25, -0.2) is 15.0 Å². The third-order valence-corrected chi connectivity index (χ3v) is 3.41. The van der Waals surface area contributed by atoms with Gasteiger partial charge in [0.2, 0.25) is 0 Å². The molecule has 2 aromatic rings. The van der Waals surface area contributed by atoms with Gasteiger partial charge in [-0.05, 0) is 0 Å². The van der Waals surface area contributed by atoms with E-state index in [-0.39, 0.29) is 0 Å². The topological polar surface area (TPSA) is 50.7 Å². The number of rotatable bonds is 3. The number of halogens is 3. The van der Waals surface area contributed by atoms with Crippen LogP contribution in [-0.2, 0) is 12.6 Å². The van der Waals surface area contributed by atoms with Crippen molar-refractivity contribution < 1.29 is 13.2 Å². The van der Waals surface area contributed by atoms with Crippen LogP contribution in [0.15, 0.2) is 12.3 Å². The highest BCUT2D eigenvalue weighted by molar-refractivity contribution is 7.15. The van der Waals surface area contributed by atoms with E-state index in [4.69, 9.17) is 0 Å². The van der Waals surface area contributed by atoms with Crippen LogP contribution < -0.4 is 5.32 Å². The van der Waals surface area contributed by atoms with Crippen LogP contribution in [0, 0.1) is 0 Å². The predicted molar refractivity (Wildman–Crippen MR) is 67.1 cm³/mol. The van der Waals surface area contributed by atoms with E-state index in [0.717, 1.165) is 0 Å². The summed E-state index contributed by atoms with van der Waals surface area (Å²) in [7, 11) is 1.69. The van der Waals surface area contributed by atoms with Gasteiger partial charge in [0.15, 0.2) is 5.01 Å². The van der Waals surface area contributed by atoms with Gasteiger partial charge in [-0.1, -0.05) is 6.92 Å².